The van der Waals surface area contributed by atoms with Gasteiger partial charge in [-0.3, -0.25) is 0 Å². The summed E-state index contributed by atoms with van der Waals surface area (Å²) in [5.41, 5.74) is 7.72. The third-order valence-corrected chi connectivity index (χ3v) is 3.62. The van der Waals surface area contributed by atoms with Gasteiger partial charge in [0.15, 0.2) is 0 Å². The maximum absolute atomic E-state index is 2.27. The molecule has 0 bridgehead atoms. The average molecular weight is 258 g/mol. The summed E-state index contributed by atoms with van der Waals surface area (Å²) >= 11 is 0. The van der Waals surface area contributed by atoms with Gasteiger partial charge in [-0.25, -0.2) is 0 Å². The number of hydrogen-bond donors (Lipinski definition) is 0. The molecule has 0 atom stereocenters. The zero-order valence-electron chi connectivity index (χ0n) is 11.9. The van der Waals surface area contributed by atoms with Crippen molar-refractivity contribution in [3.8, 4) is 22.3 Å². The van der Waals surface area contributed by atoms with Crippen LogP contribution in [0.3, 0.4) is 0 Å². The van der Waals surface area contributed by atoms with E-state index in [-0.39, 0.29) is 0 Å². The highest BCUT2D eigenvalue weighted by molar-refractivity contribution is 5.83. The summed E-state index contributed by atoms with van der Waals surface area (Å²) < 4.78 is 0. The molecule has 0 radical (unpaired) electrons. The Morgan fingerprint density at radius 1 is 0.500 bits per heavy atom. The fourth-order valence-electron chi connectivity index (χ4n) is 2.50. The van der Waals surface area contributed by atoms with Crippen molar-refractivity contribution in [1.82, 2.24) is 0 Å². The predicted octanol–water partition coefficient (Wildman–Crippen LogP) is 5.64. The molecule has 0 spiro atoms. The fourth-order valence-corrected chi connectivity index (χ4v) is 2.50. The van der Waals surface area contributed by atoms with E-state index in [9.17, 15) is 0 Å². The Morgan fingerprint density at radius 2 is 1.10 bits per heavy atom. The van der Waals surface area contributed by atoms with Crippen molar-refractivity contribution in [3.05, 3.63) is 83.9 Å². The predicted molar refractivity (Wildman–Crippen MR) is 86.8 cm³/mol. The molecule has 3 aromatic rings. The molecule has 0 saturated heterocycles. The van der Waals surface area contributed by atoms with E-state index in [4.69, 9.17) is 0 Å². The first-order chi connectivity index (χ1) is 9.74. The number of rotatable bonds is 2. The zero-order valence-corrected chi connectivity index (χ0v) is 11.9. The highest BCUT2D eigenvalue weighted by atomic mass is 14.1. The molecule has 0 fully saturated rings. The van der Waals surface area contributed by atoms with Crippen LogP contribution >= 0.6 is 0 Å². The molecule has 0 aromatic heterocycles. The van der Waals surface area contributed by atoms with Gasteiger partial charge in [0.05, 0.1) is 0 Å². The maximum Gasteiger partial charge on any atom is -0.0103 e. The van der Waals surface area contributed by atoms with E-state index in [1.54, 1.807) is 0 Å². The fraction of sp³-hybridized carbons (Fsp3) is 0.100. The van der Waals surface area contributed by atoms with E-state index in [0.717, 1.165) is 0 Å². The normalized spacial score (nSPS) is 10.5. The SMILES string of the molecule is Cc1ccc(-c2cc(C)ccc2-c2ccccc2)cc1. The standard InChI is InChI=1S/C20H18/c1-15-8-11-18(12-9-15)20-14-16(2)10-13-19(20)17-6-4-3-5-7-17/h3-14H,1-2H3. The van der Waals surface area contributed by atoms with Crippen LogP contribution in [-0.4, -0.2) is 0 Å². The summed E-state index contributed by atoms with van der Waals surface area (Å²) in [6.07, 6.45) is 0. The van der Waals surface area contributed by atoms with Gasteiger partial charge in [-0.2, -0.15) is 0 Å². The first-order valence-electron chi connectivity index (χ1n) is 6.97. The molecule has 3 rings (SSSR count). The highest BCUT2D eigenvalue weighted by Crippen LogP contribution is 2.32. The van der Waals surface area contributed by atoms with Crippen LogP contribution < -0.4 is 0 Å². The van der Waals surface area contributed by atoms with Crippen molar-refractivity contribution in [2.24, 2.45) is 0 Å². The van der Waals surface area contributed by atoms with Crippen LogP contribution in [0, 0.1) is 13.8 Å². The molecule has 0 aliphatic rings. The van der Waals surface area contributed by atoms with Crippen molar-refractivity contribution in [3.63, 3.8) is 0 Å². The summed E-state index contributed by atoms with van der Waals surface area (Å²) in [6.45, 7) is 4.27. The summed E-state index contributed by atoms with van der Waals surface area (Å²) in [7, 11) is 0. The lowest BCUT2D eigenvalue weighted by Crippen LogP contribution is -1.87. The molecule has 0 unspecified atom stereocenters. The van der Waals surface area contributed by atoms with E-state index < -0.39 is 0 Å². The minimum Gasteiger partial charge on any atom is -0.0622 e. The molecule has 20 heavy (non-hydrogen) atoms. The van der Waals surface area contributed by atoms with Gasteiger partial charge in [-0.1, -0.05) is 83.9 Å². The molecular formula is C20H18. The highest BCUT2D eigenvalue weighted by Gasteiger charge is 2.07. The Morgan fingerprint density at radius 3 is 1.80 bits per heavy atom. The molecule has 0 saturated carbocycles. The maximum atomic E-state index is 2.27. The largest absolute Gasteiger partial charge is 0.0622 e. The molecule has 0 aliphatic carbocycles. The van der Waals surface area contributed by atoms with Crippen LogP contribution in [0.4, 0.5) is 0 Å². The van der Waals surface area contributed by atoms with E-state index in [1.165, 1.54) is 33.4 Å². The lowest BCUT2D eigenvalue weighted by molar-refractivity contribution is 1.44. The summed E-state index contributed by atoms with van der Waals surface area (Å²) in [4.78, 5) is 0. The number of hydrogen-bond acceptors (Lipinski definition) is 0. The second-order valence-electron chi connectivity index (χ2n) is 5.28. The van der Waals surface area contributed by atoms with E-state index >= 15 is 0 Å². The summed E-state index contributed by atoms with van der Waals surface area (Å²) in [5, 5.41) is 0. The van der Waals surface area contributed by atoms with Crippen LogP contribution in [0.1, 0.15) is 11.1 Å². The summed E-state index contributed by atoms with van der Waals surface area (Å²) in [5.74, 6) is 0. The molecule has 3 aromatic carbocycles. The van der Waals surface area contributed by atoms with Crippen molar-refractivity contribution in [2.75, 3.05) is 0 Å². The van der Waals surface area contributed by atoms with Crippen LogP contribution in [-0.2, 0) is 0 Å². The third kappa shape index (κ3) is 2.50. The Balaban J connectivity index is 2.19. The van der Waals surface area contributed by atoms with Gasteiger partial charge in [-0.05, 0) is 36.1 Å². The first kappa shape index (κ1) is 12.7. The van der Waals surface area contributed by atoms with Gasteiger partial charge in [0, 0.05) is 0 Å². The topological polar surface area (TPSA) is 0 Å². The van der Waals surface area contributed by atoms with Gasteiger partial charge in [-0.15, -0.1) is 0 Å². The van der Waals surface area contributed by atoms with Crippen molar-refractivity contribution in [2.45, 2.75) is 13.8 Å². The Bertz CT molecular complexity index is 707. The molecule has 0 heterocycles. The molecule has 0 heteroatoms. The lowest BCUT2D eigenvalue weighted by Gasteiger charge is -2.12. The van der Waals surface area contributed by atoms with Crippen LogP contribution in [0.15, 0.2) is 72.8 Å². The molecule has 0 nitrogen and oxygen atoms in total. The smallest absolute Gasteiger partial charge is 0.0103 e. The first-order valence-corrected chi connectivity index (χ1v) is 6.97. The van der Waals surface area contributed by atoms with Crippen molar-refractivity contribution in [1.29, 1.82) is 0 Å². The van der Waals surface area contributed by atoms with E-state index in [2.05, 4.69) is 86.6 Å². The van der Waals surface area contributed by atoms with Crippen LogP contribution in [0.2, 0.25) is 0 Å². The summed E-state index contributed by atoms with van der Waals surface area (Å²) in [6, 6.07) is 26.0. The second-order valence-corrected chi connectivity index (χ2v) is 5.28. The minimum atomic E-state index is 1.27. The van der Waals surface area contributed by atoms with Gasteiger partial charge in [0.2, 0.25) is 0 Å². The monoisotopic (exact) mass is 258 g/mol. The Hall–Kier alpha value is -2.34. The quantitative estimate of drug-likeness (QED) is 0.558. The molecule has 0 aliphatic heterocycles. The van der Waals surface area contributed by atoms with Crippen molar-refractivity contribution < 1.29 is 0 Å². The molecule has 0 N–H and O–H groups in total. The molecule has 0 amide bonds. The van der Waals surface area contributed by atoms with E-state index in [0.29, 0.717) is 0 Å². The van der Waals surface area contributed by atoms with E-state index in [1.807, 2.05) is 0 Å². The number of aryl methyl sites for hydroxylation is 2. The Labute approximate surface area is 120 Å². The van der Waals surface area contributed by atoms with Gasteiger partial charge >= 0.3 is 0 Å². The van der Waals surface area contributed by atoms with Gasteiger partial charge in [0.25, 0.3) is 0 Å². The van der Waals surface area contributed by atoms with Gasteiger partial charge < -0.3 is 0 Å². The van der Waals surface area contributed by atoms with Crippen LogP contribution in [0.5, 0.6) is 0 Å². The molecular weight excluding hydrogens is 240 g/mol. The third-order valence-electron chi connectivity index (χ3n) is 3.62. The lowest BCUT2D eigenvalue weighted by atomic mass is 9.93. The number of benzene rings is 3. The Kier molecular flexibility index (Phi) is 3.39. The average Bonchev–Trinajstić information content (AvgIpc) is 2.49. The zero-order chi connectivity index (χ0) is 13.9. The molecule has 98 valence electrons. The van der Waals surface area contributed by atoms with Crippen LogP contribution in [0.25, 0.3) is 22.3 Å². The van der Waals surface area contributed by atoms with Crippen molar-refractivity contribution >= 4 is 0 Å². The minimum absolute atomic E-state index is 1.27. The second kappa shape index (κ2) is 5.34. The van der Waals surface area contributed by atoms with Gasteiger partial charge in [0.1, 0.15) is 0 Å².